The highest BCUT2D eigenvalue weighted by molar-refractivity contribution is 4.91. The van der Waals surface area contributed by atoms with Gasteiger partial charge in [-0.05, 0) is 57.8 Å². The van der Waals surface area contributed by atoms with E-state index in [1.165, 1.54) is 32.1 Å². The second kappa shape index (κ2) is 5.05. The van der Waals surface area contributed by atoms with Crippen LogP contribution in [0.1, 0.15) is 52.9 Å². The Morgan fingerprint density at radius 3 is 2.50 bits per heavy atom. The predicted octanol–water partition coefficient (Wildman–Crippen LogP) is 2.97. The summed E-state index contributed by atoms with van der Waals surface area (Å²) in [5, 5.41) is 3.88. The molecule has 0 spiro atoms. The number of ether oxygens (including phenoxy) is 1. The van der Waals surface area contributed by atoms with Crippen molar-refractivity contribution >= 4 is 0 Å². The van der Waals surface area contributed by atoms with Gasteiger partial charge in [0, 0.05) is 18.2 Å². The summed E-state index contributed by atoms with van der Waals surface area (Å²) in [6.45, 7) is 9.05. The standard InChI is InChI=1S/C14H27NO/c1-11-4-7-14(3,8-5-11)15-12(2)13-6-9-16-10-13/h11-13,15H,4-10H2,1-3H3. The highest BCUT2D eigenvalue weighted by atomic mass is 16.5. The van der Waals surface area contributed by atoms with Gasteiger partial charge in [0.1, 0.15) is 0 Å². The third kappa shape index (κ3) is 2.98. The van der Waals surface area contributed by atoms with Crippen LogP contribution in [0.15, 0.2) is 0 Å². The van der Waals surface area contributed by atoms with Gasteiger partial charge >= 0.3 is 0 Å². The van der Waals surface area contributed by atoms with Gasteiger partial charge in [-0.15, -0.1) is 0 Å². The van der Waals surface area contributed by atoms with Crippen molar-refractivity contribution < 1.29 is 4.74 Å². The molecule has 2 rings (SSSR count). The van der Waals surface area contributed by atoms with E-state index in [1.54, 1.807) is 0 Å². The first-order valence-electron chi connectivity index (χ1n) is 6.94. The quantitative estimate of drug-likeness (QED) is 0.797. The van der Waals surface area contributed by atoms with Crippen molar-refractivity contribution in [1.82, 2.24) is 5.32 Å². The molecule has 0 aromatic heterocycles. The molecule has 2 nitrogen and oxygen atoms in total. The van der Waals surface area contributed by atoms with Gasteiger partial charge in [-0.1, -0.05) is 6.92 Å². The first-order chi connectivity index (χ1) is 7.59. The van der Waals surface area contributed by atoms with Gasteiger partial charge in [0.05, 0.1) is 6.61 Å². The van der Waals surface area contributed by atoms with Crippen LogP contribution < -0.4 is 5.32 Å². The number of rotatable bonds is 3. The predicted molar refractivity (Wildman–Crippen MR) is 67.6 cm³/mol. The molecule has 2 unspecified atom stereocenters. The van der Waals surface area contributed by atoms with E-state index in [-0.39, 0.29) is 0 Å². The molecule has 1 aliphatic carbocycles. The van der Waals surface area contributed by atoms with Gasteiger partial charge in [0.2, 0.25) is 0 Å². The van der Waals surface area contributed by atoms with Gasteiger partial charge in [0.15, 0.2) is 0 Å². The first-order valence-corrected chi connectivity index (χ1v) is 6.94. The van der Waals surface area contributed by atoms with Crippen LogP contribution in [0.2, 0.25) is 0 Å². The van der Waals surface area contributed by atoms with E-state index in [2.05, 4.69) is 26.1 Å². The summed E-state index contributed by atoms with van der Waals surface area (Å²) in [4.78, 5) is 0. The van der Waals surface area contributed by atoms with E-state index in [0.717, 1.165) is 25.0 Å². The highest BCUT2D eigenvalue weighted by Crippen LogP contribution is 2.32. The highest BCUT2D eigenvalue weighted by Gasteiger charge is 2.33. The average Bonchev–Trinajstić information content (AvgIpc) is 2.76. The summed E-state index contributed by atoms with van der Waals surface area (Å²) in [6, 6.07) is 0.612. The van der Waals surface area contributed by atoms with Crippen LogP contribution in [0.25, 0.3) is 0 Å². The topological polar surface area (TPSA) is 21.3 Å². The summed E-state index contributed by atoms with van der Waals surface area (Å²) in [7, 11) is 0. The van der Waals surface area contributed by atoms with Crippen molar-refractivity contribution in [2.24, 2.45) is 11.8 Å². The fourth-order valence-corrected chi connectivity index (χ4v) is 3.16. The Balaban J connectivity index is 1.83. The van der Waals surface area contributed by atoms with Gasteiger partial charge in [-0.2, -0.15) is 0 Å². The first kappa shape index (κ1) is 12.4. The Kier molecular flexibility index (Phi) is 3.91. The minimum atomic E-state index is 0.383. The van der Waals surface area contributed by atoms with Gasteiger partial charge in [0.25, 0.3) is 0 Å². The Labute approximate surface area is 100 Å². The molecule has 0 aromatic carbocycles. The van der Waals surface area contributed by atoms with E-state index in [4.69, 9.17) is 4.74 Å². The lowest BCUT2D eigenvalue weighted by atomic mass is 9.77. The maximum Gasteiger partial charge on any atom is 0.0509 e. The number of hydrogen-bond donors (Lipinski definition) is 1. The molecule has 1 heterocycles. The van der Waals surface area contributed by atoms with Crippen LogP contribution in [0.4, 0.5) is 0 Å². The SMILES string of the molecule is CC1CCC(C)(NC(C)C2CCOC2)CC1. The molecule has 1 saturated heterocycles. The molecule has 1 aliphatic heterocycles. The van der Waals surface area contributed by atoms with E-state index in [1.807, 2.05) is 0 Å². The molecule has 1 saturated carbocycles. The molecule has 0 amide bonds. The normalized spacial score (nSPS) is 42.2. The van der Waals surface area contributed by atoms with Crippen LogP contribution in [-0.2, 0) is 4.74 Å². The van der Waals surface area contributed by atoms with Gasteiger partial charge < -0.3 is 10.1 Å². The van der Waals surface area contributed by atoms with E-state index >= 15 is 0 Å². The zero-order chi connectivity index (χ0) is 11.6. The second-order valence-corrected chi connectivity index (χ2v) is 6.30. The smallest absolute Gasteiger partial charge is 0.0509 e. The minimum absolute atomic E-state index is 0.383. The molecule has 94 valence electrons. The summed E-state index contributed by atoms with van der Waals surface area (Å²) in [5.74, 6) is 1.66. The van der Waals surface area contributed by atoms with Crippen LogP contribution in [0.5, 0.6) is 0 Å². The fourth-order valence-electron chi connectivity index (χ4n) is 3.16. The molecular formula is C14H27NO. The summed E-state index contributed by atoms with van der Waals surface area (Å²) < 4.78 is 5.48. The molecule has 2 fully saturated rings. The molecule has 2 atom stereocenters. The van der Waals surface area contributed by atoms with Gasteiger partial charge in [-0.3, -0.25) is 0 Å². The molecule has 0 bridgehead atoms. The zero-order valence-corrected chi connectivity index (χ0v) is 11.1. The molecule has 0 radical (unpaired) electrons. The summed E-state index contributed by atoms with van der Waals surface area (Å²) in [5.41, 5.74) is 0.383. The molecule has 16 heavy (non-hydrogen) atoms. The fraction of sp³-hybridized carbons (Fsp3) is 1.00. The Hall–Kier alpha value is -0.0800. The second-order valence-electron chi connectivity index (χ2n) is 6.30. The molecule has 2 heteroatoms. The minimum Gasteiger partial charge on any atom is -0.381 e. The zero-order valence-electron chi connectivity index (χ0n) is 11.1. The Bertz CT molecular complexity index is 215. The van der Waals surface area contributed by atoms with Gasteiger partial charge in [-0.25, -0.2) is 0 Å². The third-order valence-corrected chi connectivity index (χ3v) is 4.63. The molecule has 2 aliphatic rings. The average molecular weight is 225 g/mol. The Morgan fingerprint density at radius 1 is 1.25 bits per heavy atom. The van der Waals surface area contributed by atoms with Crippen molar-refractivity contribution in [3.63, 3.8) is 0 Å². The van der Waals surface area contributed by atoms with Crippen LogP contribution in [0, 0.1) is 11.8 Å². The Morgan fingerprint density at radius 2 is 1.94 bits per heavy atom. The lowest BCUT2D eigenvalue weighted by Crippen LogP contribution is -2.51. The number of hydrogen-bond acceptors (Lipinski definition) is 2. The summed E-state index contributed by atoms with van der Waals surface area (Å²) >= 11 is 0. The molecule has 0 aromatic rings. The van der Waals surface area contributed by atoms with E-state index < -0.39 is 0 Å². The van der Waals surface area contributed by atoms with Crippen molar-refractivity contribution in [3.05, 3.63) is 0 Å². The van der Waals surface area contributed by atoms with E-state index in [9.17, 15) is 0 Å². The van der Waals surface area contributed by atoms with E-state index in [0.29, 0.717) is 11.6 Å². The van der Waals surface area contributed by atoms with Crippen molar-refractivity contribution in [2.45, 2.75) is 64.5 Å². The van der Waals surface area contributed by atoms with Crippen LogP contribution in [0.3, 0.4) is 0 Å². The lowest BCUT2D eigenvalue weighted by Gasteiger charge is -2.40. The largest absolute Gasteiger partial charge is 0.381 e. The molecular weight excluding hydrogens is 198 g/mol. The monoisotopic (exact) mass is 225 g/mol. The third-order valence-electron chi connectivity index (χ3n) is 4.63. The van der Waals surface area contributed by atoms with Crippen LogP contribution >= 0.6 is 0 Å². The summed E-state index contributed by atoms with van der Waals surface area (Å²) in [6.07, 6.45) is 6.69. The van der Waals surface area contributed by atoms with Crippen molar-refractivity contribution in [3.8, 4) is 0 Å². The van der Waals surface area contributed by atoms with Crippen molar-refractivity contribution in [1.29, 1.82) is 0 Å². The maximum atomic E-state index is 5.48. The molecule has 1 N–H and O–H groups in total. The van der Waals surface area contributed by atoms with Crippen molar-refractivity contribution in [2.75, 3.05) is 13.2 Å². The number of nitrogens with one attached hydrogen (secondary N) is 1. The lowest BCUT2D eigenvalue weighted by molar-refractivity contribution is 0.153. The maximum absolute atomic E-state index is 5.48. The van der Waals surface area contributed by atoms with Crippen LogP contribution in [-0.4, -0.2) is 24.8 Å².